The summed E-state index contributed by atoms with van der Waals surface area (Å²) in [7, 11) is 3.28. The summed E-state index contributed by atoms with van der Waals surface area (Å²) in [6.07, 6.45) is 3.50. The summed E-state index contributed by atoms with van der Waals surface area (Å²) in [6, 6.07) is 4.02. The minimum atomic E-state index is 0.0315. The Balaban J connectivity index is 2.55. The van der Waals surface area contributed by atoms with Gasteiger partial charge in [0.15, 0.2) is 11.5 Å². The lowest BCUT2D eigenvalue weighted by Gasteiger charge is -2.42. The molecule has 1 aliphatic carbocycles. The van der Waals surface area contributed by atoms with E-state index in [0.29, 0.717) is 18.0 Å². The predicted octanol–water partition coefficient (Wildman–Crippen LogP) is 2.87. The summed E-state index contributed by atoms with van der Waals surface area (Å²) in [4.78, 5) is 0. The molecule has 2 N–H and O–H groups in total. The van der Waals surface area contributed by atoms with Crippen molar-refractivity contribution >= 4 is 0 Å². The van der Waals surface area contributed by atoms with E-state index in [-0.39, 0.29) is 11.5 Å². The number of hydrogen-bond acceptors (Lipinski definition) is 4. The van der Waals surface area contributed by atoms with Gasteiger partial charge in [-0.25, -0.2) is 0 Å². The third-order valence-electron chi connectivity index (χ3n) is 4.13. The lowest BCUT2D eigenvalue weighted by Crippen LogP contribution is -2.42. The van der Waals surface area contributed by atoms with Crippen molar-refractivity contribution in [3.05, 3.63) is 17.7 Å². The van der Waals surface area contributed by atoms with E-state index < -0.39 is 0 Å². The van der Waals surface area contributed by atoms with Crippen LogP contribution >= 0.6 is 0 Å². The smallest absolute Gasteiger partial charge is 0.203 e. The first kappa shape index (κ1) is 15.0. The minimum Gasteiger partial charge on any atom is -0.493 e. The second kappa shape index (κ2) is 5.92. The maximum atomic E-state index is 6.03. The third-order valence-corrected chi connectivity index (χ3v) is 4.13. The van der Waals surface area contributed by atoms with Crippen LogP contribution in [0.15, 0.2) is 12.1 Å². The van der Waals surface area contributed by atoms with Crippen molar-refractivity contribution in [2.45, 2.75) is 44.6 Å². The molecule has 0 spiro atoms. The molecule has 1 aromatic carbocycles. The van der Waals surface area contributed by atoms with E-state index in [1.165, 1.54) is 6.42 Å². The molecule has 4 nitrogen and oxygen atoms in total. The number of nitrogens with two attached hydrogens (primary N) is 1. The maximum absolute atomic E-state index is 6.03. The van der Waals surface area contributed by atoms with Crippen molar-refractivity contribution in [3.8, 4) is 17.2 Å². The molecule has 0 radical (unpaired) electrons. The van der Waals surface area contributed by atoms with Gasteiger partial charge >= 0.3 is 0 Å². The summed E-state index contributed by atoms with van der Waals surface area (Å²) in [5.41, 5.74) is 7.22. The van der Waals surface area contributed by atoms with Crippen LogP contribution in [0, 0.1) is 0 Å². The van der Waals surface area contributed by atoms with Crippen molar-refractivity contribution in [1.29, 1.82) is 0 Å². The zero-order valence-corrected chi connectivity index (χ0v) is 12.9. The predicted molar refractivity (Wildman–Crippen MR) is 79.9 cm³/mol. The van der Waals surface area contributed by atoms with Crippen LogP contribution in [0.2, 0.25) is 0 Å². The average molecular weight is 279 g/mol. The monoisotopic (exact) mass is 279 g/mol. The van der Waals surface area contributed by atoms with Crippen LogP contribution in [0.1, 0.15) is 38.7 Å². The van der Waals surface area contributed by atoms with Gasteiger partial charge in [0.25, 0.3) is 0 Å². The minimum absolute atomic E-state index is 0.0315. The maximum Gasteiger partial charge on any atom is 0.203 e. The zero-order valence-electron chi connectivity index (χ0n) is 12.9. The van der Waals surface area contributed by atoms with Crippen LogP contribution < -0.4 is 19.9 Å². The molecule has 0 atom stereocenters. The van der Waals surface area contributed by atoms with Crippen LogP contribution in [-0.4, -0.2) is 26.9 Å². The Hall–Kier alpha value is -1.42. The molecule has 20 heavy (non-hydrogen) atoms. The molecule has 0 unspecified atom stereocenters. The van der Waals surface area contributed by atoms with Crippen molar-refractivity contribution in [2.24, 2.45) is 5.73 Å². The van der Waals surface area contributed by atoms with Gasteiger partial charge in [-0.3, -0.25) is 0 Å². The Kier molecular flexibility index (Phi) is 4.43. The van der Waals surface area contributed by atoms with E-state index >= 15 is 0 Å². The first-order chi connectivity index (χ1) is 9.57. The molecule has 4 heteroatoms. The Morgan fingerprint density at radius 1 is 1.15 bits per heavy atom. The summed E-state index contributed by atoms with van der Waals surface area (Å²) >= 11 is 0. The van der Waals surface area contributed by atoms with Gasteiger partial charge in [0, 0.05) is 17.5 Å². The molecular weight excluding hydrogens is 254 g/mol. The molecule has 1 saturated carbocycles. The molecule has 0 amide bonds. The largest absolute Gasteiger partial charge is 0.493 e. The molecule has 0 bridgehead atoms. The summed E-state index contributed by atoms with van der Waals surface area (Å²) < 4.78 is 16.9. The van der Waals surface area contributed by atoms with Gasteiger partial charge in [0.1, 0.15) is 0 Å². The van der Waals surface area contributed by atoms with E-state index in [1.54, 1.807) is 14.2 Å². The fourth-order valence-corrected chi connectivity index (χ4v) is 2.86. The molecule has 0 heterocycles. The number of hydrogen-bond donors (Lipinski definition) is 1. The number of rotatable bonds is 6. The summed E-state index contributed by atoms with van der Waals surface area (Å²) in [5, 5.41) is 0. The molecule has 0 saturated heterocycles. The summed E-state index contributed by atoms with van der Waals surface area (Å²) in [5.74, 6) is 2.14. The number of ether oxygens (including phenoxy) is 3. The normalized spacial score (nSPS) is 16.7. The Labute approximate surface area is 121 Å². The highest BCUT2D eigenvalue weighted by Crippen LogP contribution is 2.51. The van der Waals surface area contributed by atoms with Crippen LogP contribution in [0.5, 0.6) is 17.2 Å². The molecule has 1 aliphatic rings. The van der Waals surface area contributed by atoms with E-state index in [1.807, 2.05) is 19.9 Å². The Morgan fingerprint density at radius 3 is 2.25 bits per heavy atom. The highest BCUT2D eigenvalue weighted by molar-refractivity contribution is 5.58. The highest BCUT2D eigenvalue weighted by atomic mass is 16.5. The summed E-state index contributed by atoms with van der Waals surface area (Å²) in [6.45, 7) is 4.66. The average Bonchev–Trinajstić information content (AvgIpc) is 2.38. The van der Waals surface area contributed by atoms with Crippen molar-refractivity contribution in [1.82, 2.24) is 0 Å². The first-order valence-corrected chi connectivity index (χ1v) is 7.20. The van der Waals surface area contributed by atoms with Gasteiger partial charge in [-0.15, -0.1) is 0 Å². The quantitative estimate of drug-likeness (QED) is 0.870. The lowest BCUT2D eigenvalue weighted by atomic mass is 9.64. The van der Waals surface area contributed by atoms with Crippen molar-refractivity contribution in [3.63, 3.8) is 0 Å². The fraction of sp³-hybridized carbons (Fsp3) is 0.625. The third kappa shape index (κ3) is 2.44. The molecule has 0 aromatic heterocycles. The molecule has 1 aromatic rings. The Bertz CT molecular complexity index is 462. The van der Waals surface area contributed by atoms with Crippen LogP contribution in [0.3, 0.4) is 0 Å². The fourth-order valence-electron chi connectivity index (χ4n) is 2.86. The lowest BCUT2D eigenvalue weighted by molar-refractivity contribution is 0.199. The second-order valence-corrected chi connectivity index (χ2v) is 5.68. The zero-order chi connectivity index (χ0) is 14.8. The van der Waals surface area contributed by atoms with E-state index in [9.17, 15) is 0 Å². The molecule has 0 aliphatic heterocycles. The molecular formula is C16H25NO3. The van der Waals surface area contributed by atoms with Gasteiger partial charge in [0.2, 0.25) is 5.75 Å². The van der Waals surface area contributed by atoms with E-state index in [2.05, 4.69) is 6.07 Å². The first-order valence-electron chi connectivity index (χ1n) is 7.20. The highest BCUT2D eigenvalue weighted by Gasteiger charge is 2.41. The van der Waals surface area contributed by atoms with E-state index in [0.717, 1.165) is 24.2 Å². The molecule has 2 rings (SSSR count). The number of benzene rings is 1. The second-order valence-electron chi connectivity index (χ2n) is 5.68. The molecule has 1 fully saturated rings. The van der Waals surface area contributed by atoms with Gasteiger partial charge < -0.3 is 19.9 Å². The topological polar surface area (TPSA) is 53.7 Å². The van der Waals surface area contributed by atoms with Crippen molar-refractivity contribution in [2.75, 3.05) is 20.8 Å². The van der Waals surface area contributed by atoms with Gasteiger partial charge in [-0.2, -0.15) is 0 Å². The van der Waals surface area contributed by atoms with Crippen LogP contribution in [-0.2, 0) is 5.41 Å². The van der Waals surface area contributed by atoms with Gasteiger partial charge in [-0.05, 0) is 32.8 Å². The van der Waals surface area contributed by atoms with Gasteiger partial charge in [0.05, 0.1) is 20.3 Å². The molecule has 112 valence electrons. The number of methoxy groups -OCH3 is 2. The van der Waals surface area contributed by atoms with Gasteiger partial charge in [-0.1, -0.05) is 12.5 Å². The van der Waals surface area contributed by atoms with Crippen LogP contribution in [0.4, 0.5) is 0 Å². The van der Waals surface area contributed by atoms with Crippen molar-refractivity contribution < 1.29 is 14.2 Å². The standard InChI is InChI=1S/C16H25NO3/c1-11(2)20-14-12(16(10-17)8-5-9-16)6-7-13(18-3)15(14)19-4/h6-7,11H,5,8-10,17H2,1-4H3. The van der Waals surface area contributed by atoms with Crippen LogP contribution in [0.25, 0.3) is 0 Å². The Morgan fingerprint density at radius 2 is 1.85 bits per heavy atom. The SMILES string of the molecule is COc1ccc(C2(CN)CCC2)c(OC(C)C)c1OC. The van der Waals surface area contributed by atoms with E-state index in [4.69, 9.17) is 19.9 Å².